The van der Waals surface area contributed by atoms with E-state index < -0.39 is 0 Å². The molecule has 7 nitrogen and oxygen atoms in total. The zero-order valence-corrected chi connectivity index (χ0v) is 15.9. The quantitative estimate of drug-likeness (QED) is 0.724. The average Bonchev–Trinajstić information content (AvgIpc) is 3.31. The number of nitrogens with zero attached hydrogens (tertiary/aromatic N) is 2. The third kappa shape index (κ3) is 5.17. The first-order valence-corrected chi connectivity index (χ1v) is 9.11. The van der Waals surface area contributed by atoms with Crippen LogP contribution in [-0.2, 0) is 13.1 Å². The first-order chi connectivity index (χ1) is 12.2. The van der Waals surface area contributed by atoms with Gasteiger partial charge in [-0.15, -0.1) is 23.7 Å². The van der Waals surface area contributed by atoms with Crippen molar-refractivity contribution in [3.05, 3.63) is 45.9 Å². The number of hydrogen-bond donors (Lipinski definition) is 3. The average molecular weight is 396 g/mol. The maximum Gasteiger partial charge on any atom is 0.321 e. The highest BCUT2D eigenvalue weighted by Crippen LogP contribution is 2.14. The van der Waals surface area contributed by atoms with Crippen molar-refractivity contribution in [3.8, 4) is 0 Å². The minimum atomic E-state index is -0.234. The zero-order valence-electron chi connectivity index (χ0n) is 14.2. The van der Waals surface area contributed by atoms with Crippen molar-refractivity contribution in [1.29, 1.82) is 0 Å². The van der Waals surface area contributed by atoms with Crippen molar-refractivity contribution in [2.75, 3.05) is 18.4 Å². The summed E-state index contributed by atoms with van der Waals surface area (Å²) in [5.74, 6) is -0.234. The third-order valence-corrected chi connectivity index (χ3v) is 4.85. The Morgan fingerprint density at radius 1 is 1.27 bits per heavy atom. The molecule has 3 rings (SSSR count). The van der Waals surface area contributed by atoms with Crippen molar-refractivity contribution >= 4 is 41.4 Å². The Labute approximate surface area is 162 Å². The maximum absolute atomic E-state index is 12.1. The highest BCUT2D eigenvalue weighted by molar-refractivity contribution is 7.09. The van der Waals surface area contributed by atoms with Crippen LogP contribution in [0.1, 0.15) is 33.9 Å². The molecule has 0 aliphatic carbocycles. The summed E-state index contributed by atoms with van der Waals surface area (Å²) in [5.41, 5.74) is 7.52. The summed E-state index contributed by atoms with van der Waals surface area (Å²) in [4.78, 5) is 30.2. The molecule has 1 aromatic heterocycles. The van der Waals surface area contributed by atoms with Gasteiger partial charge in [-0.2, -0.15) is 0 Å². The standard InChI is InChI=1S/C17H21N5O2S.ClH/c18-9-15-21-14(11-25-15)16(23)19-10-12-4-3-5-13(8-12)20-17(24)22-6-1-2-7-22;/h3-5,8,11H,1-2,6-7,9-10,18H2,(H,19,23)(H,20,24);1H. The summed E-state index contributed by atoms with van der Waals surface area (Å²) >= 11 is 1.37. The summed E-state index contributed by atoms with van der Waals surface area (Å²) in [6.07, 6.45) is 2.12. The Balaban J connectivity index is 0.00000243. The number of thiazole rings is 1. The van der Waals surface area contributed by atoms with Crippen LogP contribution in [0.3, 0.4) is 0 Å². The van der Waals surface area contributed by atoms with Crippen LogP contribution in [-0.4, -0.2) is 34.9 Å². The van der Waals surface area contributed by atoms with Gasteiger partial charge in [-0.05, 0) is 30.5 Å². The van der Waals surface area contributed by atoms with E-state index in [1.165, 1.54) is 11.3 Å². The van der Waals surface area contributed by atoms with Gasteiger partial charge < -0.3 is 21.3 Å². The monoisotopic (exact) mass is 395 g/mol. The molecule has 9 heteroatoms. The van der Waals surface area contributed by atoms with E-state index in [0.717, 1.165) is 42.2 Å². The number of likely N-dealkylation sites (tertiary alicyclic amines) is 1. The fourth-order valence-corrected chi connectivity index (χ4v) is 3.32. The van der Waals surface area contributed by atoms with Gasteiger partial charge in [0.1, 0.15) is 10.7 Å². The highest BCUT2D eigenvalue weighted by atomic mass is 35.5. The maximum atomic E-state index is 12.1. The molecular weight excluding hydrogens is 374 g/mol. The zero-order chi connectivity index (χ0) is 17.6. The lowest BCUT2D eigenvalue weighted by molar-refractivity contribution is 0.0946. The smallest absolute Gasteiger partial charge is 0.321 e. The lowest BCUT2D eigenvalue weighted by Crippen LogP contribution is -2.32. The summed E-state index contributed by atoms with van der Waals surface area (Å²) in [5, 5.41) is 8.17. The fraction of sp³-hybridized carbons (Fsp3) is 0.353. The number of benzene rings is 1. The molecule has 1 aliphatic rings. The van der Waals surface area contributed by atoms with E-state index in [-0.39, 0.29) is 24.3 Å². The summed E-state index contributed by atoms with van der Waals surface area (Å²) in [7, 11) is 0. The van der Waals surface area contributed by atoms with Gasteiger partial charge in [0, 0.05) is 37.2 Å². The molecule has 0 radical (unpaired) electrons. The molecule has 26 heavy (non-hydrogen) atoms. The molecule has 2 heterocycles. The van der Waals surface area contributed by atoms with E-state index in [9.17, 15) is 9.59 Å². The molecule has 0 saturated carbocycles. The van der Waals surface area contributed by atoms with Crippen molar-refractivity contribution < 1.29 is 9.59 Å². The van der Waals surface area contributed by atoms with E-state index >= 15 is 0 Å². The molecule has 3 amide bonds. The number of anilines is 1. The molecule has 2 aromatic rings. The Bertz CT molecular complexity index is 761. The normalized spacial score (nSPS) is 13.2. The molecule has 1 aromatic carbocycles. The highest BCUT2D eigenvalue weighted by Gasteiger charge is 2.17. The largest absolute Gasteiger partial charge is 0.347 e. The number of hydrogen-bond acceptors (Lipinski definition) is 5. The lowest BCUT2D eigenvalue weighted by Gasteiger charge is -2.16. The van der Waals surface area contributed by atoms with Gasteiger partial charge in [-0.3, -0.25) is 4.79 Å². The molecule has 0 spiro atoms. The molecule has 1 aliphatic heterocycles. The van der Waals surface area contributed by atoms with Gasteiger partial charge in [-0.1, -0.05) is 12.1 Å². The number of aromatic nitrogens is 1. The van der Waals surface area contributed by atoms with Crippen LogP contribution >= 0.6 is 23.7 Å². The van der Waals surface area contributed by atoms with E-state index in [1.54, 1.807) is 5.38 Å². The second-order valence-corrected chi connectivity index (χ2v) is 6.78. The van der Waals surface area contributed by atoms with Crippen molar-refractivity contribution in [2.45, 2.75) is 25.9 Å². The van der Waals surface area contributed by atoms with E-state index in [1.807, 2.05) is 29.2 Å². The molecule has 1 saturated heterocycles. The predicted octanol–water partition coefficient (Wildman–Crippen LogP) is 2.58. The van der Waals surface area contributed by atoms with Gasteiger partial charge in [0.15, 0.2) is 0 Å². The van der Waals surface area contributed by atoms with Crippen molar-refractivity contribution in [2.24, 2.45) is 5.73 Å². The fourth-order valence-electron chi connectivity index (χ4n) is 2.66. The second kappa shape index (κ2) is 9.51. The van der Waals surface area contributed by atoms with Crippen LogP contribution in [0.25, 0.3) is 0 Å². The Kier molecular flexibility index (Phi) is 7.38. The number of halogens is 1. The van der Waals surface area contributed by atoms with Gasteiger partial charge >= 0.3 is 6.03 Å². The summed E-state index contributed by atoms with van der Waals surface area (Å²) in [6, 6.07) is 7.39. The van der Waals surface area contributed by atoms with E-state index in [2.05, 4.69) is 15.6 Å². The third-order valence-electron chi connectivity index (χ3n) is 3.98. The molecule has 0 bridgehead atoms. The summed E-state index contributed by atoms with van der Waals surface area (Å²) < 4.78 is 0. The SMILES string of the molecule is Cl.NCc1nc(C(=O)NCc2cccc(NC(=O)N3CCCC3)c2)cs1. The van der Waals surface area contributed by atoms with Crippen LogP contribution in [0.5, 0.6) is 0 Å². The van der Waals surface area contributed by atoms with Gasteiger partial charge in [0.2, 0.25) is 0 Å². The first-order valence-electron chi connectivity index (χ1n) is 8.23. The van der Waals surface area contributed by atoms with Crippen LogP contribution in [0.4, 0.5) is 10.5 Å². The minimum absolute atomic E-state index is 0. The van der Waals surface area contributed by atoms with E-state index in [4.69, 9.17) is 5.73 Å². The van der Waals surface area contributed by atoms with Crippen LogP contribution in [0.15, 0.2) is 29.6 Å². The number of nitrogens with two attached hydrogens (primary N) is 1. The first kappa shape index (κ1) is 20.2. The van der Waals surface area contributed by atoms with Crippen molar-refractivity contribution in [3.63, 3.8) is 0 Å². The number of carbonyl (C=O) groups is 2. The molecule has 1 fully saturated rings. The Hall–Kier alpha value is -2.16. The second-order valence-electron chi connectivity index (χ2n) is 5.84. The number of nitrogens with one attached hydrogen (secondary N) is 2. The molecule has 0 atom stereocenters. The minimum Gasteiger partial charge on any atom is -0.347 e. The molecular formula is C17H22ClN5O2S. The lowest BCUT2D eigenvalue weighted by atomic mass is 10.2. The van der Waals surface area contributed by atoms with Gasteiger partial charge in [0.25, 0.3) is 5.91 Å². The predicted molar refractivity (Wildman–Crippen MR) is 105 cm³/mol. The van der Waals surface area contributed by atoms with Crippen molar-refractivity contribution in [1.82, 2.24) is 15.2 Å². The number of carbonyl (C=O) groups excluding carboxylic acids is 2. The molecule has 4 N–H and O–H groups in total. The van der Waals surface area contributed by atoms with E-state index in [0.29, 0.717) is 18.8 Å². The number of urea groups is 1. The van der Waals surface area contributed by atoms with Crippen LogP contribution in [0.2, 0.25) is 0 Å². The summed E-state index contributed by atoms with van der Waals surface area (Å²) in [6.45, 7) is 2.30. The topological polar surface area (TPSA) is 100 Å². The number of rotatable bonds is 5. The molecule has 140 valence electrons. The molecule has 0 unspecified atom stereocenters. The van der Waals surface area contributed by atoms with Gasteiger partial charge in [0.05, 0.1) is 0 Å². The Morgan fingerprint density at radius 3 is 2.73 bits per heavy atom. The van der Waals surface area contributed by atoms with Gasteiger partial charge in [-0.25, -0.2) is 9.78 Å². The Morgan fingerprint density at radius 2 is 2.04 bits per heavy atom. The van der Waals surface area contributed by atoms with Crippen LogP contribution < -0.4 is 16.4 Å². The number of amides is 3. The van der Waals surface area contributed by atoms with Crippen LogP contribution in [0, 0.1) is 0 Å².